The fourth-order valence-corrected chi connectivity index (χ4v) is 3.24. The number of hydrogen-bond acceptors (Lipinski definition) is 4. The Hall–Kier alpha value is -3.21. The predicted octanol–water partition coefficient (Wildman–Crippen LogP) is 4.19. The number of ether oxygens (including phenoxy) is 1. The van der Waals surface area contributed by atoms with Gasteiger partial charge in [0.15, 0.2) is 0 Å². The Labute approximate surface area is 152 Å². The first kappa shape index (κ1) is 16.3. The SMILES string of the molecule is Cc1cc(C)n(CCOc2ccc(-c3ccnnc3)c3ccccc23)n1. The first-order valence-corrected chi connectivity index (χ1v) is 8.65. The van der Waals surface area contributed by atoms with Crippen LogP contribution in [0.2, 0.25) is 0 Å². The molecule has 26 heavy (non-hydrogen) atoms. The molecule has 0 saturated heterocycles. The van der Waals surface area contributed by atoms with Gasteiger partial charge in [0.25, 0.3) is 0 Å². The molecular formula is C21H20N4O. The van der Waals surface area contributed by atoms with Gasteiger partial charge in [-0.2, -0.15) is 15.3 Å². The van der Waals surface area contributed by atoms with Gasteiger partial charge in [-0.05, 0) is 49.1 Å². The summed E-state index contributed by atoms with van der Waals surface area (Å²) in [5, 5.41) is 14.6. The number of rotatable bonds is 5. The van der Waals surface area contributed by atoms with Crippen LogP contribution in [0.1, 0.15) is 11.4 Å². The molecule has 2 heterocycles. The fraction of sp³-hybridized carbons (Fsp3) is 0.190. The summed E-state index contributed by atoms with van der Waals surface area (Å²) in [5.41, 5.74) is 4.35. The van der Waals surface area contributed by atoms with E-state index in [2.05, 4.69) is 46.5 Å². The Morgan fingerprint density at radius 3 is 2.54 bits per heavy atom. The van der Waals surface area contributed by atoms with E-state index in [1.165, 1.54) is 0 Å². The maximum Gasteiger partial charge on any atom is 0.127 e. The van der Waals surface area contributed by atoms with E-state index < -0.39 is 0 Å². The first-order chi connectivity index (χ1) is 12.7. The van der Waals surface area contributed by atoms with E-state index in [1.54, 1.807) is 12.4 Å². The molecule has 5 heteroatoms. The molecule has 0 bridgehead atoms. The Balaban J connectivity index is 1.61. The molecule has 5 nitrogen and oxygen atoms in total. The summed E-state index contributed by atoms with van der Waals surface area (Å²) in [7, 11) is 0. The van der Waals surface area contributed by atoms with Crippen LogP contribution in [0.5, 0.6) is 5.75 Å². The zero-order valence-electron chi connectivity index (χ0n) is 14.9. The molecule has 0 aliphatic rings. The monoisotopic (exact) mass is 344 g/mol. The van der Waals surface area contributed by atoms with E-state index in [0.717, 1.165) is 45.6 Å². The van der Waals surface area contributed by atoms with E-state index in [0.29, 0.717) is 6.61 Å². The van der Waals surface area contributed by atoms with Crippen molar-refractivity contribution in [2.24, 2.45) is 0 Å². The average Bonchev–Trinajstić information content (AvgIpc) is 3.00. The summed E-state index contributed by atoms with van der Waals surface area (Å²) in [6.45, 7) is 5.36. The summed E-state index contributed by atoms with van der Waals surface area (Å²) >= 11 is 0. The molecule has 0 amide bonds. The third-order valence-corrected chi connectivity index (χ3v) is 4.44. The van der Waals surface area contributed by atoms with Crippen LogP contribution in [0, 0.1) is 13.8 Å². The third-order valence-electron chi connectivity index (χ3n) is 4.44. The van der Waals surface area contributed by atoms with E-state index >= 15 is 0 Å². The quantitative estimate of drug-likeness (QED) is 0.545. The highest BCUT2D eigenvalue weighted by Crippen LogP contribution is 2.34. The van der Waals surface area contributed by atoms with Gasteiger partial charge in [0, 0.05) is 16.6 Å². The van der Waals surface area contributed by atoms with Gasteiger partial charge in [-0.3, -0.25) is 4.68 Å². The van der Waals surface area contributed by atoms with Crippen LogP contribution in [0.3, 0.4) is 0 Å². The minimum absolute atomic E-state index is 0.572. The Kier molecular flexibility index (Phi) is 4.35. The maximum absolute atomic E-state index is 6.09. The fourth-order valence-electron chi connectivity index (χ4n) is 3.24. The molecular weight excluding hydrogens is 324 g/mol. The van der Waals surface area contributed by atoms with Crippen LogP contribution in [0.25, 0.3) is 21.9 Å². The second kappa shape index (κ2) is 6.96. The molecule has 0 atom stereocenters. The lowest BCUT2D eigenvalue weighted by atomic mass is 9.99. The Bertz CT molecular complexity index is 1040. The highest BCUT2D eigenvalue weighted by Gasteiger charge is 2.09. The standard InChI is InChI=1S/C21H20N4O/c1-15-13-16(2)25(24-15)11-12-26-21-8-7-18(17-9-10-22-23-14-17)19-5-3-4-6-20(19)21/h3-10,13-14H,11-12H2,1-2H3. The van der Waals surface area contributed by atoms with Crippen molar-refractivity contribution in [3.8, 4) is 16.9 Å². The zero-order chi connectivity index (χ0) is 17.9. The van der Waals surface area contributed by atoms with Gasteiger partial charge in [0.05, 0.1) is 24.6 Å². The topological polar surface area (TPSA) is 52.8 Å². The lowest BCUT2D eigenvalue weighted by molar-refractivity contribution is 0.293. The van der Waals surface area contributed by atoms with Gasteiger partial charge in [-0.1, -0.05) is 24.3 Å². The molecule has 0 aliphatic heterocycles. The second-order valence-electron chi connectivity index (χ2n) is 6.29. The summed E-state index contributed by atoms with van der Waals surface area (Å²) in [6, 6.07) is 16.4. The summed E-state index contributed by atoms with van der Waals surface area (Å²) in [5.74, 6) is 0.882. The molecule has 4 rings (SSSR count). The van der Waals surface area contributed by atoms with Crippen LogP contribution in [0.15, 0.2) is 60.9 Å². The average molecular weight is 344 g/mol. The minimum atomic E-state index is 0.572. The highest BCUT2D eigenvalue weighted by molar-refractivity contribution is 5.99. The molecule has 2 aromatic carbocycles. The Morgan fingerprint density at radius 1 is 0.962 bits per heavy atom. The third kappa shape index (κ3) is 3.16. The van der Waals surface area contributed by atoms with E-state index in [9.17, 15) is 0 Å². The number of hydrogen-bond donors (Lipinski definition) is 0. The van der Waals surface area contributed by atoms with Crippen LogP contribution >= 0.6 is 0 Å². The molecule has 0 fully saturated rings. The van der Waals surface area contributed by atoms with Crippen LogP contribution in [0.4, 0.5) is 0 Å². The van der Waals surface area contributed by atoms with Crippen LogP contribution in [-0.4, -0.2) is 26.6 Å². The van der Waals surface area contributed by atoms with Crippen molar-refractivity contribution < 1.29 is 4.74 Å². The van der Waals surface area contributed by atoms with Crippen molar-refractivity contribution in [3.05, 3.63) is 72.3 Å². The van der Waals surface area contributed by atoms with Gasteiger partial charge < -0.3 is 4.74 Å². The molecule has 4 aromatic rings. The van der Waals surface area contributed by atoms with Crippen molar-refractivity contribution in [2.45, 2.75) is 20.4 Å². The minimum Gasteiger partial charge on any atom is -0.491 e. The molecule has 0 N–H and O–H groups in total. The van der Waals surface area contributed by atoms with Crippen LogP contribution in [-0.2, 0) is 6.54 Å². The molecule has 2 aromatic heterocycles. The summed E-state index contributed by atoms with van der Waals surface area (Å²) in [6.07, 6.45) is 3.49. The molecule has 130 valence electrons. The Morgan fingerprint density at radius 2 is 1.81 bits per heavy atom. The largest absolute Gasteiger partial charge is 0.491 e. The first-order valence-electron chi connectivity index (χ1n) is 8.65. The predicted molar refractivity (Wildman–Crippen MR) is 102 cm³/mol. The van der Waals surface area contributed by atoms with E-state index in [4.69, 9.17) is 4.74 Å². The lowest BCUT2D eigenvalue weighted by Crippen LogP contribution is -2.11. The van der Waals surface area contributed by atoms with Gasteiger partial charge in [0.2, 0.25) is 0 Å². The molecule has 0 radical (unpaired) electrons. The molecule has 0 unspecified atom stereocenters. The summed E-state index contributed by atoms with van der Waals surface area (Å²) in [4.78, 5) is 0. The van der Waals surface area contributed by atoms with Crippen molar-refractivity contribution >= 4 is 10.8 Å². The second-order valence-corrected chi connectivity index (χ2v) is 6.29. The van der Waals surface area contributed by atoms with Crippen molar-refractivity contribution in [1.29, 1.82) is 0 Å². The van der Waals surface area contributed by atoms with Crippen molar-refractivity contribution in [3.63, 3.8) is 0 Å². The van der Waals surface area contributed by atoms with Gasteiger partial charge in [0.1, 0.15) is 12.4 Å². The number of benzene rings is 2. The van der Waals surface area contributed by atoms with Gasteiger partial charge >= 0.3 is 0 Å². The number of aryl methyl sites for hydroxylation is 2. The molecule has 0 spiro atoms. The maximum atomic E-state index is 6.09. The smallest absolute Gasteiger partial charge is 0.127 e. The molecule has 0 aliphatic carbocycles. The highest BCUT2D eigenvalue weighted by atomic mass is 16.5. The van der Waals surface area contributed by atoms with Gasteiger partial charge in [-0.15, -0.1) is 0 Å². The number of nitrogens with zero attached hydrogens (tertiary/aromatic N) is 4. The number of fused-ring (bicyclic) bond motifs is 1. The molecule has 0 saturated carbocycles. The lowest BCUT2D eigenvalue weighted by Gasteiger charge is -2.13. The normalized spacial score (nSPS) is 11.0. The van der Waals surface area contributed by atoms with Crippen molar-refractivity contribution in [2.75, 3.05) is 6.61 Å². The zero-order valence-corrected chi connectivity index (χ0v) is 14.9. The van der Waals surface area contributed by atoms with E-state index in [-0.39, 0.29) is 0 Å². The van der Waals surface area contributed by atoms with Gasteiger partial charge in [-0.25, -0.2) is 0 Å². The van der Waals surface area contributed by atoms with Crippen LogP contribution < -0.4 is 4.74 Å². The summed E-state index contributed by atoms with van der Waals surface area (Å²) < 4.78 is 8.07. The number of aromatic nitrogens is 4. The van der Waals surface area contributed by atoms with E-state index in [1.807, 2.05) is 35.9 Å². The van der Waals surface area contributed by atoms with Crippen molar-refractivity contribution in [1.82, 2.24) is 20.0 Å².